The van der Waals surface area contributed by atoms with Crippen LogP contribution >= 0.6 is 11.6 Å². The molecule has 0 spiro atoms. The number of hydrogen-bond acceptors (Lipinski definition) is 5. The van der Waals surface area contributed by atoms with Crippen molar-refractivity contribution < 1.29 is 19.1 Å². The third kappa shape index (κ3) is 4.12. The molecule has 0 N–H and O–H groups in total. The minimum absolute atomic E-state index is 0.288. The average molecular weight is 338 g/mol. The molecule has 1 heterocycles. The van der Waals surface area contributed by atoms with Gasteiger partial charge in [0.2, 0.25) is 0 Å². The monoisotopic (exact) mass is 337 g/mol. The van der Waals surface area contributed by atoms with Crippen LogP contribution < -0.4 is 0 Å². The normalized spacial score (nSPS) is 21.7. The molecule has 0 aliphatic carbocycles. The predicted molar refractivity (Wildman–Crippen MR) is 86.8 cm³/mol. The molecule has 0 amide bonds. The molecule has 0 radical (unpaired) electrons. The third-order valence-corrected chi connectivity index (χ3v) is 4.48. The van der Waals surface area contributed by atoms with Crippen molar-refractivity contribution in [1.29, 1.82) is 0 Å². The average Bonchev–Trinajstić information content (AvgIpc) is 2.56. The highest BCUT2D eigenvalue weighted by Gasteiger charge is 2.34. The van der Waals surface area contributed by atoms with Crippen molar-refractivity contribution in [3.05, 3.63) is 46.7 Å². The van der Waals surface area contributed by atoms with Gasteiger partial charge in [0.25, 0.3) is 6.47 Å². The fourth-order valence-corrected chi connectivity index (χ4v) is 3.02. The van der Waals surface area contributed by atoms with Gasteiger partial charge in [0.05, 0.1) is 13.4 Å². The van der Waals surface area contributed by atoms with Crippen molar-refractivity contribution in [2.45, 2.75) is 19.4 Å². The maximum absolute atomic E-state index is 12.3. The summed E-state index contributed by atoms with van der Waals surface area (Å²) >= 11 is 6.27. The summed E-state index contributed by atoms with van der Waals surface area (Å²) in [7, 11) is 1.37. The van der Waals surface area contributed by atoms with Gasteiger partial charge in [-0.15, -0.1) is 0 Å². The number of hydrogen-bond donors (Lipinski definition) is 0. The van der Waals surface area contributed by atoms with Crippen molar-refractivity contribution in [2.75, 3.05) is 20.2 Å². The van der Waals surface area contributed by atoms with Crippen molar-refractivity contribution >= 4 is 24.0 Å². The van der Waals surface area contributed by atoms with E-state index in [4.69, 9.17) is 21.1 Å². The van der Waals surface area contributed by atoms with E-state index >= 15 is 0 Å². The molecule has 2 atom stereocenters. The van der Waals surface area contributed by atoms with E-state index in [0.717, 1.165) is 18.5 Å². The van der Waals surface area contributed by atoms with Crippen LogP contribution in [0.2, 0.25) is 5.02 Å². The van der Waals surface area contributed by atoms with Gasteiger partial charge in [-0.05, 0) is 29.5 Å². The number of carbonyl (C=O) groups is 2. The van der Waals surface area contributed by atoms with Crippen LogP contribution in [0.5, 0.6) is 0 Å². The minimum Gasteiger partial charge on any atom is -0.468 e. The molecule has 1 fully saturated rings. The molecule has 0 bridgehead atoms. The molecule has 1 aromatic carbocycles. The van der Waals surface area contributed by atoms with E-state index in [9.17, 15) is 9.59 Å². The minimum atomic E-state index is -0.583. The fraction of sp³-hybridized carbons (Fsp3) is 0.412. The Labute approximate surface area is 140 Å². The summed E-state index contributed by atoms with van der Waals surface area (Å²) in [6.45, 7) is 3.70. The second-order valence-electron chi connectivity index (χ2n) is 5.53. The Kier molecular flexibility index (Phi) is 6.19. The van der Waals surface area contributed by atoms with E-state index in [1.54, 1.807) is 6.07 Å². The number of rotatable bonds is 5. The highest BCUT2D eigenvalue weighted by Crippen LogP contribution is 2.33. The van der Waals surface area contributed by atoms with Crippen molar-refractivity contribution in [2.24, 2.45) is 5.92 Å². The van der Waals surface area contributed by atoms with E-state index in [0.29, 0.717) is 23.6 Å². The molecule has 2 rings (SSSR count). The summed E-state index contributed by atoms with van der Waals surface area (Å²) in [5.41, 5.74) is 1.68. The molecule has 5 nitrogen and oxygen atoms in total. The number of ether oxygens (including phenoxy) is 2. The van der Waals surface area contributed by atoms with Crippen LogP contribution in [0, 0.1) is 5.92 Å². The molecular formula is C17H20ClNO4. The van der Waals surface area contributed by atoms with E-state index < -0.39 is 6.04 Å². The van der Waals surface area contributed by atoms with Gasteiger partial charge in [0.1, 0.15) is 6.04 Å². The summed E-state index contributed by atoms with van der Waals surface area (Å²) in [4.78, 5) is 24.7. The first-order chi connectivity index (χ1) is 11.1. The number of benzene rings is 1. The standard InChI is InChI=1S/C17H20ClNO4/c1-12-7-8-19(9-13(12)10-23-11-20)16(17(21)22-2)14-5-3-4-6-15(14)18/h3-6,10-12,16H,7-9H2,1-2H3/b13-10-/t12?,16-/m0/s1. The molecule has 1 aromatic rings. The van der Waals surface area contributed by atoms with Gasteiger partial charge in [-0.3, -0.25) is 9.69 Å². The van der Waals surface area contributed by atoms with Gasteiger partial charge in [-0.1, -0.05) is 36.7 Å². The fourth-order valence-electron chi connectivity index (χ4n) is 2.78. The number of methoxy groups -OCH3 is 1. The van der Waals surface area contributed by atoms with Crippen molar-refractivity contribution in [1.82, 2.24) is 4.90 Å². The van der Waals surface area contributed by atoms with Crippen LogP contribution in [0.15, 0.2) is 36.1 Å². The van der Waals surface area contributed by atoms with E-state index in [-0.39, 0.29) is 11.9 Å². The molecule has 23 heavy (non-hydrogen) atoms. The zero-order valence-electron chi connectivity index (χ0n) is 13.2. The van der Waals surface area contributed by atoms with E-state index in [2.05, 4.69) is 6.92 Å². The highest BCUT2D eigenvalue weighted by atomic mass is 35.5. The number of halogens is 1. The first-order valence-electron chi connectivity index (χ1n) is 7.42. The van der Waals surface area contributed by atoms with Gasteiger partial charge in [0.15, 0.2) is 0 Å². The molecule has 0 aromatic heterocycles. The predicted octanol–water partition coefficient (Wildman–Crippen LogP) is 2.95. The Balaban J connectivity index is 2.31. The Morgan fingerprint density at radius 3 is 2.83 bits per heavy atom. The van der Waals surface area contributed by atoms with Gasteiger partial charge in [-0.2, -0.15) is 0 Å². The van der Waals surface area contributed by atoms with Crippen molar-refractivity contribution in [3.8, 4) is 0 Å². The zero-order chi connectivity index (χ0) is 16.8. The number of piperidine rings is 1. The largest absolute Gasteiger partial charge is 0.468 e. The van der Waals surface area contributed by atoms with Crippen LogP contribution in [0.1, 0.15) is 24.9 Å². The molecule has 1 unspecified atom stereocenters. The van der Waals surface area contributed by atoms with Crippen LogP contribution in [0.4, 0.5) is 0 Å². The van der Waals surface area contributed by atoms with Gasteiger partial charge < -0.3 is 9.47 Å². The topological polar surface area (TPSA) is 55.8 Å². The molecule has 1 aliphatic rings. The SMILES string of the molecule is COC(=O)[C@H](c1ccccc1Cl)N1CCC(C)/C(=C\OC=O)C1. The van der Waals surface area contributed by atoms with Crippen molar-refractivity contribution in [3.63, 3.8) is 0 Å². The summed E-state index contributed by atoms with van der Waals surface area (Å²) in [5, 5.41) is 0.524. The maximum atomic E-state index is 12.3. The number of carbonyl (C=O) groups excluding carboxylic acids is 2. The second-order valence-corrected chi connectivity index (χ2v) is 5.94. The summed E-state index contributed by atoms with van der Waals surface area (Å²) in [5.74, 6) is -0.0703. The lowest BCUT2D eigenvalue weighted by Crippen LogP contribution is -2.41. The number of likely N-dealkylation sites (tertiary alicyclic amines) is 1. The van der Waals surface area contributed by atoms with Gasteiger partial charge in [-0.25, -0.2) is 4.79 Å². The van der Waals surface area contributed by atoms with Crippen LogP contribution in [0.25, 0.3) is 0 Å². The third-order valence-electron chi connectivity index (χ3n) is 4.13. The summed E-state index contributed by atoms with van der Waals surface area (Å²) in [6.07, 6.45) is 2.32. The Bertz CT molecular complexity index is 602. The maximum Gasteiger partial charge on any atom is 0.327 e. The lowest BCUT2D eigenvalue weighted by molar-refractivity contribution is -0.147. The Morgan fingerprint density at radius 1 is 1.43 bits per heavy atom. The molecular weight excluding hydrogens is 318 g/mol. The molecule has 1 aliphatic heterocycles. The molecule has 6 heteroatoms. The van der Waals surface area contributed by atoms with Gasteiger partial charge in [0, 0.05) is 18.1 Å². The van der Waals surface area contributed by atoms with Crippen LogP contribution in [-0.2, 0) is 19.1 Å². The zero-order valence-corrected chi connectivity index (χ0v) is 14.0. The molecule has 1 saturated heterocycles. The van der Waals surface area contributed by atoms with Gasteiger partial charge >= 0.3 is 5.97 Å². The quantitative estimate of drug-likeness (QED) is 0.470. The lowest BCUT2D eigenvalue weighted by Gasteiger charge is -2.37. The molecule has 124 valence electrons. The number of nitrogens with zero attached hydrogens (tertiary/aromatic N) is 1. The van der Waals surface area contributed by atoms with Crippen LogP contribution in [0.3, 0.4) is 0 Å². The first-order valence-corrected chi connectivity index (χ1v) is 7.80. The van der Waals surface area contributed by atoms with Crippen LogP contribution in [-0.4, -0.2) is 37.5 Å². The summed E-state index contributed by atoms with van der Waals surface area (Å²) < 4.78 is 9.75. The van der Waals surface area contributed by atoms with E-state index in [1.807, 2.05) is 23.1 Å². The summed E-state index contributed by atoms with van der Waals surface area (Å²) in [6, 6.07) is 6.66. The second kappa shape index (κ2) is 8.13. The smallest absolute Gasteiger partial charge is 0.327 e. The Hall–Kier alpha value is -1.85. The number of esters is 1. The Morgan fingerprint density at radius 2 is 2.17 bits per heavy atom. The highest BCUT2D eigenvalue weighted by molar-refractivity contribution is 6.31. The van der Waals surface area contributed by atoms with E-state index in [1.165, 1.54) is 13.4 Å². The molecule has 0 saturated carbocycles. The first kappa shape index (κ1) is 17.5. The lowest BCUT2D eigenvalue weighted by atomic mass is 9.91.